The zero-order valence-corrected chi connectivity index (χ0v) is 16.4. The number of amides is 1. The first-order valence-corrected chi connectivity index (χ1v) is 9.20. The fourth-order valence-electron chi connectivity index (χ4n) is 3.30. The molecular weight excluding hydrogens is 390 g/mol. The van der Waals surface area contributed by atoms with Crippen LogP contribution in [0, 0.1) is 17.6 Å². The Morgan fingerprint density at radius 3 is 2.68 bits per heavy atom. The second kappa shape index (κ2) is 8.65. The van der Waals surface area contributed by atoms with Crippen LogP contribution in [-0.4, -0.2) is 39.8 Å². The van der Waals surface area contributed by atoms with Crippen molar-refractivity contribution in [3.05, 3.63) is 52.6 Å². The summed E-state index contributed by atoms with van der Waals surface area (Å²) >= 11 is 6.15. The van der Waals surface area contributed by atoms with Crippen molar-refractivity contribution in [3.63, 3.8) is 0 Å². The number of methoxy groups -OCH3 is 2. The van der Waals surface area contributed by atoms with E-state index in [1.807, 2.05) is 4.90 Å². The monoisotopic (exact) mass is 410 g/mol. The van der Waals surface area contributed by atoms with E-state index in [0.29, 0.717) is 42.4 Å². The fourth-order valence-corrected chi connectivity index (χ4v) is 3.59. The van der Waals surface area contributed by atoms with Crippen molar-refractivity contribution in [2.45, 2.75) is 6.42 Å². The third-order valence-electron chi connectivity index (χ3n) is 4.80. The van der Waals surface area contributed by atoms with Gasteiger partial charge in [-0.05, 0) is 36.6 Å². The van der Waals surface area contributed by atoms with E-state index < -0.39 is 11.6 Å². The SMILES string of the molecule is COc1cc(C(=O)NCC2CCN(c3ccc(F)c(F)c3)C2)cc(Cl)c1OC. The largest absolute Gasteiger partial charge is 0.493 e. The van der Waals surface area contributed by atoms with E-state index in [9.17, 15) is 13.6 Å². The summed E-state index contributed by atoms with van der Waals surface area (Å²) < 4.78 is 36.9. The van der Waals surface area contributed by atoms with E-state index in [2.05, 4.69) is 5.32 Å². The summed E-state index contributed by atoms with van der Waals surface area (Å²) in [6.45, 7) is 1.83. The number of benzene rings is 2. The predicted molar refractivity (Wildman–Crippen MR) is 104 cm³/mol. The van der Waals surface area contributed by atoms with Crippen LogP contribution in [0.4, 0.5) is 14.5 Å². The molecule has 0 radical (unpaired) electrons. The van der Waals surface area contributed by atoms with Crippen molar-refractivity contribution < 1.29 is 23.0 Å². The number of hydrogen-bond acceptors (Lipinski definition) is 4. The molecule has 0 aliphatic carbocycles. The number of rotatable bonds is 6. The molecule has 2 aromatic carbocycles. The zero-order chi connectivity index (χ0) is 20.3. The number of hydrogen-bond donors (Lipinski definition) is 1. The molecule has 0 saturated carbocycles. The summed E-state index contributed by atoms with van der Waals surface area (Å²) in [5, 5.41) is 3.18. The summed E-state index contributed by atoms with van der Waals surface area (Å²) in [5.41, 5.74) is 1.01. The van der Waals surface area contributed by atoms with Gasteiger partial charge in [-0.1, -0.05) is 11.6 Å². The first kappa shape index (κ1) is 20.2. The van der Waals surface area contributed by atoms with Gasteiger partial charge in [0.2, 0.25) is 0 Å². The summed E-state index contributed by atoms with van der Waals surface area (Å²) in [6.07, 6.45) is 0.839. The van der Waals surface area contributed by atoms with Gasteiger partial charge in [0.25, 0.3) is 5.91 Å². The molecule has 2 aromatic rings. The van der Waals surface area contributed by atoms with Crippen LogP contribution < -0.4 is 19.7 Å². The molecule has 1 amide bonds. The molecule has 0 spiro atoms. The molecule has 0 bridgehead atoms. The van der Waals surface area contributed by atoms with E-state index in [1.165, 1.54) is 26.4 Å². The highest BCUT2D eigenvalue weighted by atomic mass is 35.5. The van der Waals surface area contributed by atoms with Gasteiger partial charge in [0.05, 0.1) is 19.2 Å². The van der Waals surface area contributed by atoms with E-state index in [-0.39, 0.29) is 16.8 Å². The van der Waals surface area contributed by atoms with Crippen LogP contribution in [0.3, 0.4) is 0 Å². The van der Waals surface area contributed by atoms with Gasteiger partial charge in [-0.2, -0.15) is 0 Å². The third kappa shape index (κ3) is 4.30. The Balaban J connectivity index is 1.59. The van der Waals surface area contributed by atoms with Crippen LogP contribution in [0.25, 0.3) is 0 Å². The number of halogens is 3. The first-order chi connectivity index (χ1) is 13.4. The highest BCUT2D eigenvalue weighted by Crippen LogP contribution is 2.36. The summed E-state index contributed by atoms with van der Waals surface area (Å²) in [5.74, 6) is -1.04. The minimum Gasteiger partial charge on any atom is -0.493 e. The smallest absolute Gasteiger partial charge is 0.251 e. The van der Waals surface area contributed by atoms with Gasteiger partial charge >= 0.3 is 0 Å². The van der Waals surface area contributed by atoms with Gasteiger partial charge in [-0.25, -0.2) is 8.78 Å². The molecule has 5 nitrogen and oxygen atoms in total. The Morgan fingerprint density at radius 1 is 1.21 bits per heavy atom. The third-order valence-corrected chi connectivity index (χ3v) is 5.08. The van der Waals surface area contributed by atoms with Gasteiger partial charge in [0.15, 0.2) is 23.1 Å². The summed E-state index contributed by atoms with van der Waals surface area (Å²) in [6, 6.07) is 6.98. The van der Waals surface area contributed by atoms with E-state index in [4.69, 9.17) is 21.1 Å². The lowest BCUT2D eigenvalue weighted by Gasteiger charge is -2.19. The molecule has 1 atom stereocenters. The second-order valence-electron chi connectivity index (χ2n) is 6.60. The van der Waals surface area contributed by atoms with Crippen LogP contribution in [0.2, 0.25) is 5.02 Å². The van der Waals surface area contributed by atoms with E-state index in [1.54, 1.807) is 12.1 Å². The standard InChI is InChI=1S/C20H21ClF2N2O3/c1-27-18-8-13(7-15(21)19(18)28-2)20(26)24-10-12-5-6-25(11-12)14-3-4-16(22)17(23)9-14/h3-4,7-9,12H,5-6,10-11H2,1-2H3,(H,24,26). The molecule has 0 aromatic heterocycles. The van der Waals surface area contributed by atoms with Crippen molar-refractivity contribution in [2.24, 2.45) is 5.92 Å². The lowest BCUT2D eigenvalue weighted by Crippen LogP contribution is -2.31. The minimum absolute atomic E-state index is 0.202. The van der Waals surface area contributed by atoms with Gasteiger partial charge in [0, 0.05) is 37.0 Å². The number of ether oxygens (including phenoxy) is 2. The molecule has 1 heterocycles. The van der Waals surface area contributed by atoms with Crippen molar-refractivity contribution in [1.29, 1.82) is 0 Å². The van der Waals surface area contributed by atoms with Gasteiger partial charge in [0.1, 0.15) is 0 Å². The van der Waals surface area contributed by atoms with Crippen molar-refractivity contribution >= 4 is 23.2 Å². The molecule has 1 fully saturated rings. The predicted octanol–water partition coefficient (Wildman–Crippen LogP) is 3.89. The van der Waals surface area contributed by atoms with Crippen molar-refractivity contribution in [3.8, 4) is 11.5 Å². The van der Waals surface area contributed by atoms with Crippen LogP contribution in [0.15, 0.2) is 30.3 Å². The van der Waals surface area contributed by atoms with Crippen LogP contribution >= 0.6 is 11.6 Å². The highest BCUT2D eigenvalue weighted by molar-refractivity contribution is 6.32. The van der Waals surface area contributed by atoms with Crippen molar-refractivity contribution in [2.75, 3.05) is 38.8 Å². The minimum atomic E-state index is -0.861. The number of nitrogens with one attached hydrogen (secondary N) is 1. The van der Waals surface area contributed by atoms with Crippen LogP contribution in [-0.2, 0) is 0 Å². The summed E-state index contributed by atoms with van der Waals surface area (Å²) in [7, 11) is 2.95. The van der Waals surface area contributed by atoms with Gasteiger partial charge < -0.3 is 19.7 Å². The van der Waals surface area contributed by atoms with Crippen LogP contribution in [0.1, 0.15) is 16.8 Å². The van der Waals surface area contributed by atoms with Gasteiger partial charge in [-0.3, -0.25) is 4.79 Å². The molecule has 8 heteroatoms. The molecular formula is C20H21ClF2N2O3. The normalized spacial score (nSPS) is 16.2. The van der Waals surface area contributed by atoms with Crippen molar-refractivity contribution in [1.82, 2.24) is 5.32 Å². The lowest BCUT2D eigenvalue weighted by atomic mass is 10.1. The molecule has 1 saturated heterocycles. The quantitative estimate of drug-likeness (QED) is 0.785. The number of anilines is 1. The maximum Gasteiger partial charge on any atom is 0.251 e. The number of carbonyl (C=O) groups is 1. The topological polar surface area (TPSA) is 50.8 Å². The average Bonchev–Trinajstić information content (AvgIpc) is 3.16. The molecule has 3 rings (SSSR count). The van der Waals surface area contributed by atoms with E-state index in [0.717, 1.165) is 12.5 Å². The van der Waals surface area contributed by atoms with Crippen LogP contribution in [0.5, 0.6) is 11.5 Å². The Kier molecular flexibility index (Phi) is 6.24. The molecule has 1 unspecified atom stereocenters. The second-order valence-corrected chi connectivity index (χ2v) is 7.01. The Labute approximate surface area is 167 Å². The Morgan fingerprint density at radius 2 is 2.00 bits per heavy atom. The molecule has 28 heavy (non-hydrogen) atoms. The maximum absolute atomic E-state index is 13.4. The Hall–Kier alpha value is -2.54. The highest BCUT2D eigenvalue weighted by Gasteiger charge is 2.24. The van der Waals surface area contributed by atoms with E-state index >= 15 is 0 Å². The summed E-state index contributed by atoms with van der Waals surface area (Å²) in [4.78, 5) is 14.5. The molecule has 1 aliphatic heterocycles. The fraction of sp³-hybridized carbons (Fsp3) is 0.350. The zero-order valence-electron chi connectivity index (χ0n) is 15.6. The lowest BCUT2D eigenvalue weighted by molar-refractivity contribution is 0.0948. The number of nitrogens with zero attached hydrogens (tertiary/aromatic N) is 1. The molecule has 1 aliphatic rings. The number of carbonyl (C=O) groups excluding carboxylic acids is 1. The molecule has 150 valence electrons. The van der Waals surface area contributed by atoms with Gasteiger partial charge in [-0.15, -0.1) is 0 Å². The maximum atomic E-state index is 13.4. The average molecular weight is 411 g/mol. The first-order valence-electron chi connectivity index (χ1n) is 8.82. The molecule has 1 N–H and O–H groups in total. The Bertz CT molecular complexity index is 879.